The first-order chi connectivity index (χ1) is 9.87. The van der Waals surface area contributed by atoms with Crippen LogP contribution in [0.2, 0.25) is 0 Å². The molecule has 0 radical (unpaired) electrons. The van der Waals surface area contributed by atoms with Crippen LogP contribution >= 0.6 is 23.5 Å². The Labute approximate surface area is 133 Å². The van der Waals surface area contributed by atoms with Gasteiger partial charge in [0.25, 0.3) is 0 Å². The molecule has 1 aliphatic rings. The predicted molar refractivity (Wildman–Crippen MR) is 85.2 cm³/mol. The molecule has 1 fully saturated rings. The second-order valence-corrected chi connectivity index (χ2v) is 7.76. The van der Waals surface area contributed by atoms with Crippen LogP contribution in [0.1, 0.15) is 20.3 Å². The summed E-state index contributed by atoms with van der Waals surface area (Å²) in [6.07, 6.45) is 3.13. The van der Waals surface area contributed by atoms with Crippen molar-refractivity contribution in [2.24, 2.45) is 0 Å². The number of carbonyl (C=O) groups is 3. The summed E-state index contributed by atoms with van der Waals surface area (Å²) in [7, 11) is 1.30. The third-order valence-corrected chi connectivity index (χ3v) is 5.42. The van der Waals surface area contributed by atoms with Crippen LogP contribution in [0.25, 0.3) is 0 Å². The predicted octanol–water partition coefficient (Wildman–Crippen LogP) is 0.707. The zero-order chi connectivity index (χ0) is 16.0. The molecule has 2 atom stereocenters. The van der Waals surface area contributed by atoms with E-state index in [0.717, 1.165) is 5.75 Å². The summed E-state index contributed by atoms with van der Waals surface area (Å²) in [5, 5.41) is 2.71. The fourth-order valence-corrected chi connectivity index (χ4v) is 3.78. The third kappa shape index (κ3) is 4.54. The lowest BCUT2D eigenvalue weighted by atomic mass is 10.1. The van der Waals surface area contributed by atoms with E-state index in [2.05, 4.69) is 5.32 Å². The summed E-state index contributed by atoms with van der Waals surface area (Å²) in [4.78, 5) is 36.4. The highest BCUT2D eigenvalue weighted by Gasteiger charge is 2.43. The molecule has 0 aliphatic carbocycles. The Hall–Kier alpha value is -0.890. The van der Waals surface area contributed by atoms with Gasteiger partial charge in [-0.05, 0) is 32.3 Å². The quantitative estimate of drug-likeness (QED) is 0.546. The first kappa shape index (κ1) is 18.2. The molecule has 0 spiro atoms. The van der Waals surface area contributed by atoms with Gasteiger partial charge < -0.3 is 15.0 Å². The largest absolute Gasteiger partial charge is 0.467 e. The maximum atomic E-state index is 12.4. The van der Waals surface area contributed by atoms with Gasteiger partial charge in [-0.15, -0.1) is 11.8 Å². The summed E-state index contributed by atoms with van der Waals surface area (Å²) in [5.41, 5.74) is 0. The molecule has 0 aromatic heterocycles. The molecule has 21 heavy (non-hydrogen) atoms. The average molecular weight is 334 g/mol. The monoisotopic (exact) mass is 334 g/mol. The first-order valence-corrected chi connectivity index (χ1v) is 9.00. The maximum Gasteiger partial charge on any atom is 0.328 e. The zero-order valence-corrected chi connectivity index (χ0v) is 14.4. The van der Waals surface area contributed by atoms with Gasteiger partial charge in [0.2, 0.25) is 12.3 Å². The number of carbonyl (C=O) groups excluding carboxylic acids is 3. The highest BCUT2D eigenvalue weighted by Crippen LogP contribution is 2.37. The normalized spacial score (nSPS) is 21.7. The molecule has 1 heterocycles. The number of nitrogens with zero attached hydrogens (tertiary/aromatic N) is 1. The van der Waals surface area contributed by atoms with Crippen molar-refractivity contribution >= 4 is 41.8 Å². The van der Waals surface area contributed by atoms with Crippen LogP contribution in [0.15, 0.2) is 0 Å². The molecule has 8 heteroatoms. The van der Waals surface area contributed by atoms with Crippen molar-refractivity contribution in [1.82, 2.24) is 10.2 Å². The van der Waals surface area contributed by atoms with Crippen molar-refractivity contribution in [3.05, 3.63) is 0 Å². The van der Waals surface area contributed by atoms with E-state index in [1.54, 1.807) is 23.5 Å². The Morgan fingerprint density at radius 3 is 2.76 bits per heavy atom. The number of hydrogen-bond acceptors (Lipinski definition) is 6. The van der Waals surface area contributed by atoms with Gasteiger partial charge in [0.05, 0.1) is 12.0 Å². The number of esters is 1. The van der Waals surface area contributed by atoms with E-state index < -0.39 is 22.9 Å². The minimum Gasteiger partial charge on any atom is -0.467 e. The number of ether oxygens (including phenoxy) is 1. The molecule has 1 aliphatic heterocycles. The van der Waals surface area contributed by atoms with Crippen LogP contribution in [-0.2, 0) is 19.1 Å². The Bertz CT molecular complexity index is 404. The van der Waals surface area contributed by atoms with Gasteiger partial charge >= 0.3 is 5.97 Å². The van der Waals surface area contributed by atoms with Crippen molar-refractivity contribution in [2.75, 3.05) is 24.9 Å². The number of amides is 2. The second-order valence-electron chi connectivity index (χ2n) is 5.15. The molecule has 120 valence electrons. The van der Waals surface area contributed by atoms with Crippen molar-refractivity contribution in [3.8, 4) is 0 Å². The van der Waals surface area contributed by atoms with Gasteiger partial charge in [-0.25, -0.2) is 4.79 Å². The standard InChI is InChI=1S/C13H22N2O4S2/c1-13(2)15(8-16)10(7-21-13)11(17)14-9(5-6-20-4)12(18)19-3/h8-10H,5-7H2,1-4H3,(H,14,17)/t9-,10+/m1/s1. The van der Waals surface area contributed by atoms with Crippen molar-refractivity contribution in [1.29, 1.82) is 0 Å². The number of nitrogens with one attached hydrogen (secondary N) is 1. The molecule has 0 bridgehead atoms. The van der Waals surface area contributed by atoms with Gasteiger partial charge in [0, 0.05) is 5.75 Å². The highest BCUT2D eigenvalue weighted by atomic mass is 32.2. The molecule has 0 aromatic carbocycles. The van der Waals surface area contributed by atoms with E-state index in [0.29, 0.717) is 18.6 Å². The summed E-state index contributed by atoms with van der Waals surface area (Å²) < 4.78 is 4.72. The van der Waals surface area contributed by atoms with Crippen LogP contribution in [0.3, 0.4) is 0 Å². The van der Waals surface area contributed by atoms with Gasteiger partial charge in [0.1, 0.15) is 12.1 Å². The van der Waals surface area contributed by atoms with E-state index >= 15 is 0 Å². The number of rotatable bonds is 7. The van der Waals surface area contributed by atoms with E-state index in [4.69, 9.17) is 4.74 Å². The summed E-state index contributed by atoms with van der Waals surface area (Å²) in [6, 6.07) is -1.22. The third-order valence-electron chi connectivity index (χ3n) is 3.38. The minimum atomic E-state index is -0.669. The molecule has 0 unspecified atom stereocenters. The molecule has 1 rings (SSSR count). The molecule has 6 nitrogen and oxygen atoms in total. The minimum absolute atomic E-state index is 0.309. The molecule has 0 saturated carbocycles. The number of hydrogen-bond donors (Lipinski definition) is 1. The van der Waals surface area contributed by atoms with Crippen LogP contribution in [0.5, 0.6) is 0 Å². The van der Waals surface area contributed by atoms with Crippen LogP contribution in [0, 0.1) is 0 Å². The van der Waals surface area contributed by atoms with Crippen molar-refractivity contribution < 1.29 is 19.1 Å². The number of methoxy groups -OCH3 is 1. The lowest BCUT2D eigenvalue weighted by Gasteiger charge is -2.30. The number of thioether (sulfide) groups is 2. The second kappa shape index (κ2) is 7.93. The van der Waals surface area contributed by atoms with Crippen LogP contribution in [0.4, 0.5) is 0 Å². The highest BCUT2D eigenvalue weighted by molar-refractivity contribution is 8.00. The molecule has 0 aromatic rings. The first-order valence-electron chi connectivity index (χ1n) is 6.62. The van der Waals surface area contributed by atoms with Gasteiger partial charge in [-0.3, -0.25) is 9.59 Å². The lowest BCUT2D eigenvalue weighted by Crippen LogP contribution is -2.53. The molecule has 2 amide bonds. The van der Waals surface area contributed by atoms with Gasteiger partial charge in [-0.2, -0.15) is 11.8 Å². The topological polar surface area (TPSA) is 75.7 Å². The fraction of sp³-hybridized carbons (Fsp3) is 0.769. The zero-order valence-electron chi connectivity index (χ0n) is 12.8. The van der Waals surface area contributed by atoms with Crippen LogP contribution < -0.4 is 5.32 Å². The molecule has 1 N–H and O–H groups in total. The van der Waals surface area contributed by atoms with E-state index in [-0.39, 0.29) is 5.91 Å². The summed E-state index contributed by atoms with van der Waals surface area (Å²) in [6.45, 7) is 3.79. The summed E-state index contributed by atoms with van der Waals surface area (Å²) in [5.74, 6) is 0.493. The maximum absolute atomic E-state index is 12.4. The van der Waals surface area contributed by atoms with Gasteiger partial charge in [-0.1, -0.05) is 0 Å². The lowest BCUT2D eigenvalue weighted by molar-refractivity contribution is -0.146. The Balaban J connectivity index is 2.73. The van der Waals surface area contributed by atoms with E-state index in [9.17, 15) is 14.4 Å². The average Bonchev–Trinajstić information content (AvgIpc) is 2.76. The molecule has 1 saturated heterocycles. The molecular weight excluding hydrogens is 312 g/mol. The SMILES string of the molecule is COC(=O)[C@@H](CCSC)NC(=O)[C@@H]1CSC(C)(C)N1C=O. The van der Waals surface area contributed by atoms with Crippen molar-refractivity contribution in [3.63, 3.8) is 0 Å². The Morgan fingerprint density at radius 2 is 2.24 bits per heavy atom. The smallest absolute Gasteiger partial charge is 0.328 e. The summed E-state index contributed by atoms with van der Waals surface area (Å²) >= 11 is 3.13. The fourth-order valence-electron chi connectivity index (χ4n) is 2.11. The Kier molecular flexibility index (Phi) is 6.86. The molecular formula is C13H22N2O4S2. The van der Waals surface area contributed by atoms with Crippen LogP contribution in [-0.4, -0.2) is 65.0 Å². The Morgan fingerprint density at radius 1 is 1.57 bits per heavy atom. The van der Waals surface area contributed by atoms with E-state index in [1.807, 2.05) is 20.1 Å². The van der Waals surface area contributed by atoms with E-state index in [1.165, 1.54) is 12.0 Å². The van der Waals surface area contributed by atoms with Crippen molar-refractivity contribution in [2.45, 2.75) is 37.2 Å². The van der Waals surface area contributed by atoms with Gasteiger partial charge in [0.15, 0.2) is 0 Å².